The summed E-state index contributed by atoms with van der Waals surface area (Å²) in [5.41, 5.74) is 0.863. The fourth-order valence-corrected chi connectivity index (χ4v) is 3.70. The average molecular weight is 407 g/mol. The number of ether oxygens (including phenoxy) is 2. The van der Waals surface area contributed by atoms with Crippen molar-refractivity contribution >= 4 is 15.9 Å². The van der Waals surface area contributed by atoms with Crippen LogP contribution in [0.1, 0.15) is 25.8 Å². The van der Waals surface area contributed by atoms with Crippen LogP contribution in [0.3, 0.4) is 0 Å². The molecule has 0 saturated heterocycles. The van der Waals surface area contributed by atoms with Crippen molar-refractivity contribution in [3.8, 4) is 11.5 Å². The molecule has 0 spiro atoms. The van der Waals surface area contributed by atoms with Crippen molar-refractivity contribution in [2.45, 2.75) is 37.8 Å². The van der Waals surface area contributed by atoms with E-state index in [1.165, 1.54) is 24.3 Å². The SMILES string of the molecule is CC[C@@H](C)NS(=O)(=O)c1ccc(OCC(=O)NCc2ccccc2OC)cc1. The molecular weight excluding hydrogens is 380 g/mol. The van der Waals surface area contributed by atoms with Crippen LogP contribution in [-0.4, -0.2) is 34.1 Å². The van der Waals surface area contributed by atoms with Crippen molar-refractivity contribution in [3.63, 3.8) is 0 Å². The Kier molecular flexibility index (Phi) is 7.83. The minimum absolute atomic E-state index is 0.145. The summed E-state index contributed by atoms with van der Waals surface area (Å²) in [5, 5.41) is 2.76. The highest BCUT2D eigenvalue weighted by atomic mass is 32.2. The van der Waals surface area contributed by atoms with E-state index in [0.717, 1.165) is 5.56 Å². The molecule has 152 valence electrons. The molecule has 0 radical (unpaired) electrons. The highest BCUT2D eigenvalue weighted by Crippen LogP contribution is 2.18. The first-order valence-corrected chi connectivity index (χ1v) is 10.5. The van der Waals surface area contributed by atoms with E-state index in [1.54, 1.807) is 14.0 Å². The largest absolute Gasteiger partial charge is 0.496 e. The van der Waals surface area contributed by atoms with Gasteiger partial charge in [0.05, 0.1) is 12.0 Å². The van der Waals surface area contributed by atoms with Gasteiger partial charge >= 0.3 is 0 Å². The average Bonchev–Trinajstić information content (AvgIpc) is 2.70. The van der Waals surface area contributed by atoms with Crippen LogP contribution >= 0.6 is 0 Å². The lowest BCUT2D eigenvalue weighted by molar-refractivity contribution is -0.123. The second-order valence-corrected chi connectivity index (χ2v) is 7.99. The number of sulfonamides is 1. The molecule has 2 rings (SSSR count). The predicted octanol–water partition coefficient (Wildman–Crippen LogP) is 2.47. The molecule has 1 atom stereocenters. The van der Waals surface area contributed by atoms with Gasteiger partial charge in [-0.25, -0.2) is 13.1 Å². The zero-order chi connectivity index (χ0) is 20.6. The Bertz CT molecular complexity index is 882. The topological polar surface area (TPSA) is 93.7 Å². The molecule has 2 aromatic carbocycles. The van der Waals surface area contributed by atoms with Crippen LogP contribution in [0.4, 0.5) is 0 Å². The molecule has 0 aliphatic carbocycles. The predicted molar refractivity (Wildman–Crippen MR) is 107 cm³/mol. The van der Waals surface area contributed by atoms with Gasteiger partial charge in [-0.2, -0.15) is 0 Å². The molecule has 7 nitrogen and oxygen atoms in total. The number of methoxy groups -OCH3 is 1. The Labute approximate surface area is 166 Å². The van der Waals surface area contributed by atoms with E-state index in [-0.39, 0.29) is 23.5 Å². The molecule has 2 N–H and O–H groups in total. The summed E-state index contributed by atoms with van der Waals surface area (Å²) < 4.78 is 37.7. The van der Waals surface area contributed by atoms with Gasteiger partial charge in [0.1, 0.15) is 11.5 Å². The van der Waals surface area contributed by atoms with Gasteiger partial charge in [0.25, 0.3) is 5.91 Å². The molecule has 8 heteroatoms. The highest BCUT2D eigenvalue weighted by Gasteiger charge is 2.16. The quantitative estimate of drug-likeness (QED) is 0.632. The Balaban J connectivity index is 1.86. The van der Waals surface area contributed by atoms with Gasteiger partial charge in [-0.3, -0.25) is 4.79 Å². The molecule has 0 aliphatic rings. The van der Waals surface area contributed by atoms with Crippen molar-refractivity contribution in [2.75, 3.05) is 13.7 Å². The maximum atomic E-state index is 12.2. The maximum Gasteiger partial charge on any atom is 0.258 e. The third kappa shape index (κ3) is 6.24. The summed E-state index contributed by atoms with van der Waals surface area (Å²) in [7, 11) is -1.99. The number of nitrogens with one attached hydrogen (secondary N) is 2. The summed E-state index contributed by atoms with van der Waals surface area (Å²) in [4.78, 5) is 12.1. The fraction of sp³-hybridized carbons (Fsp3) is 0.350. The van der Waals surface area contributed by atoms with E-state index in [2.05, 4.69) is 10.0 Å². The number of carbonyl (C=O) groups is 1. The zero-order valence-corrected chi connectivity index (χ0v) is 17.1. The van der Waals surface area contributed by atoms with Crippen molar-refractivity contribution in [1.29, 1.82) is 0 Å². The molecular formula is C20H26N2O5S. The molecule has 2 aromatic rings. The molecule has 1 amide bonds. The van der Waals surface area contributed by atoms with Crippen LogP contribution < -0.4 is 19.5 Å². The number of hydrogen-bond acceptors (Lipinski definition) is 5. The Morgan fingerprint density at radius 3 is 2.43 bits per heavy atom. The first-order valence-electron chi connectivity index (χ1n) is 8.99. The molecule has 0 aliphatic heterocycles. The van der Waals surface area contributed by atoms with Crippen molar-refractivity contribution in [1.82, 2.24) is 10.0 Å². The molecule has 0 heterocycles. The Morgan fingerprint density at radius 1 is 1.11 bits per heavy atom. The maximum absolute atomic E-state index is 12.2. The second kappa shape index (κ2) is 10.1. The monoisotopic (exact) mass is 406 g/mol. The first-order chi connectivity index (χ1) is 13.4. The molecule has 0 aromatic heterocycles. The zero-order valence-electron chi connectivity index (χ0n) is 16.3. The third-order valence-electron chi connectivity index (χ3n) is 4.14. The van der Waals surface area contributed by atoms with E-state index >= 15 is 0 Å². The van der Waals surface area contributed by atoms with Gasteiger partial charge < -0.3 is 14.8 Å². The standard InChI is InChI=1S/C20H26N2O5S/c1-4-15(2)22-28(24,25)18-11-9-17(10-12-18)27-14-20(23)21-13-16-7-5-6-8-19(16)26-3/h5-12,15,22H,4,13-14H2,1-3H3,(H,21,23)/t15-/m1/s1. The number of rotatable bonds is 10. The lowest BCUT2D eigenvalue weighted by Crippen LogP contribution is -2.32. The van der Waals surface area contributed by atoms with Gasteiger partial charge in [0.15, 0.2) is 6.61 Å². The van der Waals surface area contributed by atoms with E-state index in [1.807, 2.05) is 31.2 Å². The van der Waals surface area contributed by atoms with Gasteiger partial charge in [0.2, 0.25) is 10.0 Å². The number of carbonyl (C=O) groups excluding carboxylic acids is 1. The molecule has 0 fully saturated rings. The van der Waals surface area contributed by atoms with Crippen LogP contribution in [0, 0.1) is 0 Å². The number of benzene rings is 2. The normalized spacial score (nSPS) is 12.2. The summed E-state index contributed by atoms with van der Waals surface area (Å²) in [5.74, 6) is 0.822. The van der Waals surface area contributed by atoms with Gasteiger partial charge in [-0.15, -0.1) is 0 Å². The summed E-state index contributed by atoms with van der Waals surface area (Å²) in [6.07, 6.45) is 0.699. The first kappa shape index (κ1) is 21.7. The van der Waals surface area contributed by atoms with Crippen LogP contribution in [0.15, 0.2) is 53.4 Å². The summed E-state index contributed by atoms with van der Waals surface area (Å²) in [6, 6.07) is 13.2. The summed E-state index contributed by atoms with van der Waals surface area (Å²) in [6.45, 7) is 3.86. The second-order valence-electron chi connectivity index (χ2n) is 6.28. The van der Waals surface area contributed by atoms with E-state index in [9.17, 15) is 13.2 Å². The Hall–Kier alpha value is -2.58. The fourth-order valence-electron chi connectivity index (χ4n) is 2.37. The number of para-hydroxylation sites is 1. The molecule has 0 bridgehead atoms. The molecule has 0 unspecified atom stereocenters. The van der Waals surface area contributed by atoms with Gasteiger partial charge in [-0.1, -0.05) is 25.1 Å². The smallest absolute Gasteiger partial charge is 0.258 e. The van der Waals surface area contributed by atoms with E-state index < -0.39 is 10.0 Å². The number of hydrogen-bond donors (Lipinski definition) is 2. The van der Waals surface area contributed by atoms with E-state index in [0.29, 0.717) is 24.5 Å². The van der Waals surface area contributed by atoms with Crippen LogP contribution in [0.25, 0.3) is 0 Å². The van der Waals surface area contributed by atoms with Crippen LogP contribution in [-0.2, 0) is 21.4 Å². The van der Waals surface area contributed by atoms with E-state index in [4.69, 9.17) is 9.47 Å². The molecule has 0 saturated carbocycles. The highest BCUT2D eigenvalue weighted by molar-refractivity contribution is 7.89. The van der Waals surface area contributed by atoms with Gasteiger partial charge in [-0.05, 0) is 43.7 Å². The third-order valence-corrected chi connectivity index (χ3v) is 5.75. The number of amides is 1. The lowest BCUT2D eigenvalue weighted by atomic mass is 10.2. The molecule has 28 heavy (non-hydrogen) atoms. The van der Waals surface area contributed by atoms with Crippen LogP contribution in [0.2, 0.25) is 0 Å². The van der Waals surface area contributed by atoms with Crippen molar-refractivity contribution in [3.05, 3.63) is 54.1 Å². The minimum atomic E-state index is -3.56. The van der Waals surface area contributed by atoms with Crippen LogP contribution in [0.5, 0.6) is 11.5 Å². The van der Waals surface area contributed by atoms with Crippen molar-refractivity contribution in [2.24, 2.45) is 0 Å². The Morgan fingerprint density at radius 2 is 1.79 bits per heavy atom. The minimum Gasteiger partial charge on any atom is -0.496 e. The summed E-state index contributed by atoms with van der Waals surface area (Å²) >= 11 is 0. The van der Waals surface area contributed by atoms with Gasteiger partial charge in [0, 0.05) is 18.2 Å². The van der Waals surface area contributed by atoms with Crippen molar-refractivity contribution < 1.29 is 22.7 Å². The lowest BCUT2D eigenvalue weighted by Gasteiger charge is -2.13.